The van der Waals surface area contributed by atoms with Crippen LogP contribution in [0, 0.1) is 28.6 Å². The van der Waals surface area contributed by atoms with Gasteiger partial charge in [-0.15, -0.1) is 0 Å². The zero-order valence-corrected chi connectivity index (χ0v) is 37.6. The van der Waals surface area contributed by atoms with Crippen LogP contribution in [-0.2, 0) is 23.8 Å². The summed E-state index contributed by atoms with van der Waals surface area (Å²) in [5, 5.41) is 9.38. The molecule has 4 rings (SSSR count). The van der Waals surface area contributed by atoms with Crippen molar-refractivity contribution in [2.45, 2.75) is 226 Å². The minimum atomic E-state index is -0.0795. The number of Topliss-reactive ketones (excluding diaryl/α,β-unsaturated/α-hetero) is 1. The van der Waals surface area contributed by atoms with E-state index in [2.05, 4.69) is 38.7 Å². The van der Waals surface area contributed by atoms with E-state index in [0.29, 0.717) is 30.0 Å². The molecular formula is C50H89NO6. The molecule has 0 aromatic heterocycles. The van der Waals surface area contributed by atoms with Gasteiger partial charge in [0.15, 0.2) is 6.29 Å². The van der Waals surface area contributed by atoms with Crippen LogP contribution in [0.2, 0.25) is 0 Å². The summed E-state index contributed by atoms with van der Waals surface area (Å²) in [6.07, 6.45) is 34.5. The maximum atomic E-state index is 13.0. The topological polar surface area (TPSA) is 85.3 Å². The molecule has 4 aliphatic carbocycles. The molecule has 3 fully saturated rings. The highest BCUT2D eigenvalue weighted by Gasteiger charge is 2.58. The zero-order valence-electron chi connectivity index (χ0n) is 37.6. The van der Waals surface area contributed by atoms with Crippen LogP contribution in [0.1, 0.15) is 214 Å². The third kappa shape index (κ3) is 15.6. The normalized spacial score (nSPS) is 27.1. The number of aliphatic hydroxyl groups excluding tert-OH is 1. The van der Waals surface area contributed by atoms with Crippen LogP contribution in [0.25, 0.3) is 0 Å². The minimum absolute atomic E-state index is 0.0175. The van der Waals surface area contributed by atoms with Crippen molar-refractivity contribution in [2.75, 3.05) is 39.5 Å². The lowest BCUT2D eigenvalue weighted by Gasteiger charge is -2.56. The first kappa shape index (κ1) is 48.4. The third-order valence-corrected chi connectivity index (χ3v) is 15.1. The molecule has 0 aliphatic heterocycles. The van der Waals surface area contributed by atoms with Crippen LogP contribution in [0.15, 0.2) is 11.6 Å². The van der Waals surface area contributed by atoms with E-state index in [1.807, 2.05) is 0 Å². The highest BCUT2D eigenvalue weighted by atomic mass is 16.7. The van der Waals surface area contributed by atoms with Gasteiger partial charge < -0.3 is 24.2 Å². The Morgan fingerprint density at radius 1 is 0.737 bits per heavy atom. The summed E-state index contributed by atoms with van der Waals surface area (Å²) in [4.78, 5) is 28.4. The number of fused-ring (bicyclic) bond motifs is 5. The van der Waals surface area contributed by atoms with E-state index in [9.17, 15) is 14.7 Å². The molecule has 1 N–H and O–H groups in total. The maximum Gasteiger partial charge on any atom is 0.306 e. The summed E-state index contributed by atoms with van der Waals surface area (Å²) >= 11 is 0. The van der Waals surface area contributed by atoms with E-state index >= 15 is 0 Å². The quantitative estimate of drug-likeness (QED) is 0.0314. The van der Waals surface area contributed by atoms with E-state index in [0.717, 1.165) is 136 Å². The molecule has 6 unspecified atom stereocenters. The number of hydrogen-bond donors (Lipinski definition) is 1. The van der Waals surface area contributed by atoms with Gasteiger partial charge >= 0.3 is 5.97 Å². The Balaban J connectivity index is 1.08. The van der Waals surface area contributed by atoms with Crippen molar-refractivity contribution in [3.05, 3.63) is 11.6 Å². The second-order valence-electron chi connectivity index (χ2n) is 19.3. The summed E-state index contributed by atoms with van der Waals surface area (Å²) < 4.78 is 18.6. The fraction of sp³-hybridized carbons (Fsp3) is 0.920. The van der Waals surface area contributed by atoms with Crippen molar-refractivity contribution in [3.8, 4) is 0 Å². The molecule has 330 valence electrons. The summed E-state index contributed by atoms with van der Waals surface area (Å²) in [6.45, 7) is 14.4. The van der Waals surface area contributed by atoms with E-state index in [1.165, 1.54) is 82.6 Å². The Morgan fingerprint density at radius 2 is 1.32 bits per heavy atom. The number of ether oxygens (including phenoxy) is 3. The van der Waals surface area contributed by atoms with Crippen molar-refractivity contribution in [1.82, 2.24) is 4.90 Å². The Morgan fingerprint density at radius 3 is 1.98 bits per heavy atom. The number of hydrogen-bond acceptors (Lipinski definition) is 7. The van der Waals surface area contributed by atoms with Gasteiger partial charge in [-0.3, -0.25) is 9.59 Å². The molecule has 4 aliphatic rings. The first-order valence-electron chi connectivity index (χ1n) is 24.7. The summed E-state index contributed by atoms with van der Waals surface area (Å²) in [7, 11) is 0. The monoisotopic (exact) mass is 800 g/mol. The Bertz CT molecular complexity index is 1140. The lowest BCUT2D eigenvalue weighted by molar-refractivity contribution is -0.151. The predicted molar refractivity (Wildman–Crippen MR) is 234 cm³/mol. The van der Waals surface area contributed by atoms with Crippen molar-refractivity contribution in [3.63, 3.8) is 0 Å². The second kappa shape index (κ2) is 26.8. The SMILES string of the molecule is CCCCCCCOC(CCCCCCN(CCCCO)CCCCCC(=O)OC1CCC2(C)C(=CCC3C4CCC(=O)C4(C)CCC32)C1)OCCCCCCC. The number of ketones is 1. The molecule has 0 saturated heterocycles. The van der Waals surface area contributed by atoms with Gasteiger partial charge in [-0.2, -0.15) is 0 Å². The molecule has 3 saturated carbocycles. The molecule has 0 radical (unpaired) electrons. The van der Waals surface area contributed by atoms with Crippen molar-refractivity contribution < 1.29 is 28.9 Å². The van der Waals surface area contributed by atoms with Gasteiger partial charge in [-0.25, -0.2) is 0 Å². The third-order valence-electron chi connectivity index (χ3n) is 15.1. The van der Waals surface area contributed by atoms with Gasteiger partial charge in [0.2, 0.25) is 0 Å². The minimum Gasteiger partial charge on any atom is -0.462 e. The fourth-order valence-corrected chi connectivity index (χ4v) is 11.4. The van der Waals surface area contributed by atoms with Gasteiger partial charge in [0, 0.05) is 44.5 Å². The number of esters is 1. The smallest absolute Gasteiger partial charge is 0.306 e. The first-order chi connectivity index (χ1) is 27.7. The molecule has 0 amide bonds. The fourth-order valence-electron chi connectivity index (χ4n) is 11.4. The second-order valence-corrected chi connectivity index (χ2v) is 19.3. The first-order valence-corrected chi connectivity index (χ1v) is 24.7. The summed E-state index contributed by atoms with van der Waals surface area (Å²) in [5.74, 6) is 2.36. The molecule has 0 bridgehead atoms. The Kier molecular flexibility index (Phi) is 22.8. The standard InChI is InChI=1S/C50H89NO6/c1-5-7-9-13-22-38-55-48(56-39-23-14-10-8-6-2)25-17-11-12-18-34-51(36-20-21-37-52)35-19-15-16-24-47(54)57-42-30-32-49(3)41(40-42)26-27-43-44-28-29-46(53)50(44,4)33-31-45(43)49/h26,42-45,48,52H,5-25,27-40H2,1-4H3. The number of carbonyl (C=O) groups excluding carboxylic acids is 2. The van der Waals surface area contributed by atoms with Crippen molar-refractivity contribution in [1.29, 1.82) is 0 Å². The average molecular weight is 800 g/mol. The molecule has 6 atom stereocenters. The molecule has 0 heterocycles. The molecule has 0 aromatic carbocycles. The number of aliphatic hydroxyl groups is 1. The van der Waals surface area contributed by atoms with Crippen molar-refractivity contribution in [2.24, 2.45) is 28.6 Å². The number of rotatable bonds is 32. The molecule has 0 aromatic rings. The molecule has 57 heavy (non-hydrogen) atoms. The van der Waals surface area contributed by atoms with E-state index in [-0.39, 0.29) is 35.8 Å². The van der Waals surface area contributed by atoms with Gasteiger partial charge in [0.25, 0.3) is 0 Å². The summed E-state index contributed by atoms with van der Waals surface area (Å²) in [6, 6.07) is 0. The number of carbonyl (C=O) groups is 2. The van der Waals surface area contributed by atoms with Crippen molar-refractivity contribution >= 4 is 11.8 Å². The van der Waals surface area contributed by atoms with Crippen LogP contribution >= 0.6 is 0 Å². The highest BCUT2D eigenvalue weighted by Crippen LogP contribution is 2.64. The molecule has 0 spiro atoms. The van der Waals surface area contributed by atoms with Gasteiger partial charge in [0.1, 0.15) is 11.9 Å². The average Bonchev–Trinajstić information content (AvgIpc) is 3.51. The number of allylic oxidation sites excluding steroid dienone is 1. The van der Waals surface area contributed by atoms with Gasteiger partial charge in [0.05, 0.1) is 0 Å². The molecule has 7 heteroatoms. The largest absolute Gasteiger partial charge is 0.462 e. The van der Waals surface area contributed by atoms with Crippen LogP contribution < -0.4 is 0 Å². The predicted octanol–water partition coefficient (Wildman–Crippen LogP) is 12.3. The van der Waals surface area contributed by atoms with Crippen LogP contribution in [0.4, 0.5) is 0 Å². The van der Waals surface area contributed by atoms with Gasteiger partial charge in [-0.1, -0.05) is 110 Å². The molecular weight excluding hydrogens is 711 g/mol. The van der Waals surface area contributed by atoms with E-state index < -0.39 is 0 Å². The summed E-state index contributed by atoms with van der Waals surface area (Å²) in [5.41, 5.74) is 1.65. The Labute approximate surface area is 350 Å². The van der Waals surface area contributed by atoms with Crippen LogP contribution in [0.5, 0.6) is 0 Å². The van der Waals surface area contributed by atoms with E-state index in [4.69, 9.17) is 14.2 Å². The highest BCUT2D eigenvalue weighted by molar-refractivity contribution is 5.87. The van der Waals surface area contributed by atoms with Crippen LogP contribution in [0.3, 0.4) is 0 Å². The number of unbranched alkanes of at least 4 members (excludes halogenated alkanes) is 14. The maximum absolute atomic E-state index is 13.0. The van der Waals surface area contributed by atoms with E-state index in [1.54, 1.807) is 0 Å². The molecule has 7 nitrogen and oxygen atoms in total. The van der Waals surface area contributed by atoms with Gasteiger partial charge in [-0.05, 0) is 139 Å². The lowest BCUT2D eigenvalue weighted by atomic mass is 9.48. The number of nitrogens with zero attached hydrogens (tertiary/aromatic N) is 1. The zero-order chi connectivity index (χ0) is 40.8. The lowest BCUT2D eigenvalue weighted by Crippen LogP contribution is -2.50. The van der Waals surface area contributed by atoms with Crippen LogP contribution in [-0.4, -0.2) is 73.6 Å². The Hall–Kier alpha value is -1.28.